The molecule has 1 fully saturated rings. The molecule has 0 aromatic carbocycles. The van der Waals surface area contributed by atoms with Crippen molar-refractivity contribution < 1.29 is 28.6 Å². The highest BCUT2D eigenvalue weighted by Gasteiger charge is 2.44. The van der Waals surface area contributed by atoms with E-state index in [4.69, 9.17) is 9.47 Å². The van der Waals surface area contributed by atoms with Gasteiger partial charge < -0.3 is 19.5 Å². The third-order valence-corrected chi connectivity index (χ3v) is 3.61. The predicted molar refractivity (Wildman–Crippen MR) is 68.8 cm³/mol. The van der Waals surface area contributed by atoms with Crippen LogP contribution in [-0.2, 0) is 28.6 Å². The van der Waals surface area contributed by atoms with Gasteiger partial charge >= 0.3 is 11.9 Å². The fraction of sp³-hybridized carbons (Fsp3) is 0.769. The zero-order chi connectivity index (χ0) is 15.2. The van der Waals surface area contributed by atoms with E-state index in [1.165, 1.54) is 14.2 Å². The number of methoxy groups -OCH3 is 3. The Hall–Kier alpha value is -1.63. The van der Waals surface area contributed by atoms with Crippen molar-refractivity contribution in [1.82, 2.24) is 5.32 Å². The normalized spacial score (nSPS) is 25.6. The molecule has 0 aromatic heterocycles. The number of amides is 1. The molecule has 1 N–H and O–H groups in total. The van der Waals surface area contributed by atoms with E-state index in [1.807, 2.05) is 0 Å². The van der Waals surface area contributed by atoms with Gasteiger partial charge in [-0.2, -0.15) is 0 Å². The van der Waals surface area contributed by atoms with Crippen molar-refractivity contribution in [1.29, 1.82) is 0 Å². The van der Waals surface area contributed by atoms with Crippen LogP contribution < -0.4 is 5.32 Å². The lowest BCUT2D eigenvalue weighted by molar-refractivity contribution is -0.155. The van der Waals surface area contributed by atoms with Gasteiger partial charge in [0.25, 0.3) is 0 Å². The van der Waals surface area contributed by atoms with Gasteiger partial charge in [-0.3, -0.25) is 9.59 Å². The number of carbonyl (C=O) groups is 3. The topological polar surface area (TPSA) is 90.9 Å². The Bertz CT molecular complexity index is 373. The van der Waals surface area contributed by atoms with Crippen LogP contribution in [0.2, 0.25) is 0 Å². The van der Waals surface area contributed by atoms with Gasteiger partial charge in [0.15, 0.2) is 0 Å². The van der Waals surface area contributed by atoms with Crippen LogP contribution in [0.4, 0.5) is 0 Å². The second kappa shape index (κ2) is 7.23. The van der Waals surface area contributed by atoms with E-state index in [-0.39, 0.29) is 6.10 Å². The molecule has 20 heavy (non-hydrogen) atoms. The van der Waals surface area contributed by atoms with Gasteiger partial charge in [0.05, 0.1) is 20.3 Å². The summed E-state index contributed by atoms with van der Waals surface area (Å²) in [6, 6.07) is 0. The van der Waals surface area contributed by atoms with Gasteiger partial charge in [-0.1, -0.05) is 0 Å². The molecular formula is C13H21NO6. The second-order valence-corrected chi connectivity index (χ2v) is 4.81. The van der Waals surface area contributed by atoms with E-state index in [0.717, 1.165) is 0 Å². The van der Waals surface area contributed by atoms with Crippen molar-refractivity contribution in [2.75, 3.05) is 21.3 Å². The first-order chi connectivity index (χ1) is 9.47. The number of carbonyl (C=O) groups excluding carboxylic acids is 3. The van der Waals surface area contributed by atoms with Crippen LogP contribution >= 0.6 is 0 Å². The highest BCUT2D eigenvalue weighted by atomic mass is 16.5. The minimum absolute atomic E-state index is 0.0743. The average Bonchev–Trinajstić information content (AvgIpc) is 2.46. The monoisotopic (exact) mass is 287 g/mol. The third-order valence-electron chi connectivity index (χ3n) is 3.61. The van der Waals surface area contributed by atoms with Crippen molar-refractivity contribution in [3.05, 3.63) is 0 Å². The highest BCUT2D eigenvalue weighted by Crippen LogP contribution is 2.31. The number of rotatable bonds is 5. The summed E-state index contributed by atoms with van der Waals surface area (Å²) in [5.74, 6) is -1.68. The SMILES string of the molecule is COC(=O)CC(=O)NC1(C(=O)OC)CCC(OC)CC1. The van der Waals surface area contributed by atoms with Gasteiger partial charge in [0.2, 0.25) is 5.91 Å². The maximum Gasteiger partial charge on any atom is 0.331 e. The van der Waals surface area contributed by atoms with Crippen LogP contribution in [0, 0.1) is 0 Å². The van der Waals surface area contributed by atoms with E-state index in [1.54, 1.807) is 7.11 Å². The smallest absolute Gasteiger partial charge is 0.331 e. The van der Waals surface area contributed by atoms with Crippen LogP contribution in [0.3, 0.4) is 0 Å². The summed E-state index contributed by atoms with van der Waals surface area (Å²) >= 11 is 0. The lowest BCUT2D eigenvalue weighted by atomic mass is 9.80. The van der Waals surface area contributed by atoms with Gasteiger partial charge in [-0.15, -0.1) is 0 Å². The van der Waals surface area contributed by atoms with Crippen molar-refractivity contribution in [3.8, 4) is 0 Å². The summed E-state index contributed by atoms with van der Waals surface area (Å²) in [6.07, 6.45) is 1.79. The Balaban J connectivity index is 2.73. The molecule has 0 unspecified atom stereocenters. The second-order valence-electron chi connectivity index (χ2n) is 4.81. The largest absolute Gasteiger partial charge is 0.469 e. The van der Waals surface area contributed by atoms with Crippen molar-refractivity contribution >= 4 is 17.8 Å². The molecular weight excluding hydrogens is 266 g/mol. The quantitative estimate of drug-likeness (QED) is 0.572. The maximum absolute atomic E-state index is 12.0. The Morgan fingerprint density at radius 1 is 1.10 bits per heavy atom. The summed E-state index contributed by atoms with van der Waals surface area (Å²) < 4.78 is 14.5. The molecule has 0 spiro atoms. The highest BCUT2D eigenvalue weighted by molar-refractivity contribution is 5.97. The molecule has 0 saturated heterocycles. The zero-order valence-corrected chi connectivity index (χ0v) is 12.1. The number of ether oxygens (including phenoxy) is 3. The van der Waals surface area contributed by atoms with Crippen LogP contribution in [0.1, 0.15) is 32.1 Å². The summed E-state index contributed by atoms with van der Waals surface area (Å²) in [4.78, 5) is 34.9. The fourth-order valence-electron chi connectivity index (χ4n) is 2.41. The third kappa shape index (κ3) is 3.93. The molecule has 1 rings (SSSR count). The zero-order valence-electron chi connectivity index (χ0n) is 12.1. The molecule has 0 radical (unpaired) electrons. The standard InChI is InChI=1S/C13H21NO6/c1-18-9-4-6-13(7-5-9,12(17)20-3)14-10(15)8-11(16)19-2/h9H,4-8H2,1-3H3,(H,14,15). The predicted octanol–water partition coefficient (Wildman–Crippen LogP) is 0.167. The molecule has 114 valence electrons. The molecule has 7 heteroatoms. The number of hydrogen-bond acceptors (Lipinski definition) is 6. The summed E-state index contributed by atoms with van der Waals surface area (Å²) in [6.45, 7) is 0. The Kier molecular flexibility index (Phi) is 5.94. The summed E-state index contributed by atoms with van der Waals surface area (Å²) in [7, 11) is 4.10. The minimum Gasteiger partial charge on any atom is -0.469 e. The molecule has 1 saturated carbocycles. The number of hydrogen-bond donors (Lipinski definition) is 1. The van der Waals surface area contributed by atoms with Gasteiger partial charge in [0.1, 0.15) is 12.0 Å². The minimum atomic E-state index is -1.07. The fourth-order valence-corrected chi connectivity index (χ4v) is 2.41. The molecule has 0 heterocycles. The lowest BCUT2D eigenvalue weighted by Gasteiger charge is -2.37. The van der Waals surface area contributed by atoms with Crippen LogP contribution in [0.25, 0.3) is 0 Å². The molecule has 1 amide bonds. The molecule has 0 aliphatic heterocycles. The first-order valence-electron chi connectivity index (χ1n) is 6.46. The van der Waals surface area contributed by atoms with E-state index >= 15 is 0 Å². The average molecular weight is 287 g/mol. The van der Waals surface area contributed by atoms with Crippen molar-refractivity contribution in [3.63, 3.8) is 0 Å². The summed E-state index contributed by atoms with van der Waals surface area (Å²) in [5.41, 5.74) is -1.07. The first kappa shape index (κ1) is 16.4. The van der Waals surface area contributed by atoms with Crippen LogP contribution in [0.15, 0.2) is 0 Å². The maximum atomic E-state index is 12.0. The number of nitrogens with one attached hydrogen (secondary N) is 1. The van der Waals surface area contributed by atoms with Gasteiger partial charge in [0, 0.05) is 7.11 Å². The van der Waals surface area contributed by atoms with Gasteiger partial charge in [-0.05, 0) is 25.7 Å². The molecule has 0 atom stereocenters. The van der Waals surface area contributed by atoms with Crippen LogP contribution in [-0.4, -0.2) is 50.8 Å². The van der Waals surface area contributed by atoms with E-state index in [2.05, 4.69) is 10.1 Å². The molecule has 0 aromatic rings. The van der Waals surface area contributed by atoms with Crippen molar-refractivity contribution in [2.24, 2.45) is 0 Å². The first-order valence-corrected chi connectivity index (χ1v) is 6.46. The number of esters is 2. The molecule has 1 aliphatic carbocycles. The van der Waals surface area contributed by atoms with Crippen LogP contribution in [0.5, 0.6) is 0 Å². The van der Waals surface area contributed by atoms with E-state index < -0.39 is 29.8 Å². The van der Waals surface area contributed by atoms with E-state index in [0.29, 0.717) is 25.7 Å². The van der Waals surface area contributed by atoms with Gasteiger partial charge in [-0.25, -0.2) is 4.79 Å². The Morgan fingerprint density at radius 3 is 2.15 bits per heavy atom. The van der Waals surface area contributed by atoms with E-state index in [9.17, 15) is 14.4 Å². The molecule has 1 aliphatic rings. The molecule has 0 bridgehead atoms. The summed E-state index contributed by atoms with van der Waals surface area (Å²) in [5, 5.41) is 2.62. The Morgan fingerprint density at radius 2 is 1.70 bits per heavy atom. The molecule has 7 nitrogen and oxygen atoms in total. The lowest BCUT2D eigenvalue weighted by Crippen LogP contribution is -2.57. The van der Waals surface area contributed by atoms with Crippen molar-refractivity contribution in [2.45, 2.75) is 43.7 Å². The Labute approximate surface area is 117 Å².